The zero-order valence-electron chi connectivity index (χ0n) is 11.8. The Morgan fingerprint density at radius 1 is 1.24 bits per heavy atom. The normalized spacial score (nSPS) is 10.1. The monoisotopic (exact) mass is 303 g/mol. The van der Waals surface area contributed by atoms with E-state index in [0.29, 0.717) is 17.9 Å². The van der Waals surface area contributed by atoms with E-state index in [2.05, 4.69) is 5.32 Å². The van der Waals surface area contributed by atoms with Crippen LogP contribution in [0.1, 0.15) is 22.2 Å². The second-order valence-corrected chi connectivity index (χ2v) is 5.58. The summed E-state index contributed by atoms with van der Waals surface area (Å²) in [6.45, 7) is 2.04. The molecule has 1 aromatic heterocycles. The quantitative estimate of drug-likeness (QED) is 0.800. The number of benzene rings is 1. The van der Waals surface area contributed by atoms with E-state index >= 15 is 0 Å². The molecule has 21 heavy (non-hydrogen) atoms. The Kier molecular flexibility index (Phi) is 5.51. The SMILES string of the molecule is CC(=O)c1cccc(OCC(=O)NCCc2cccs2)c1. The lowest BCUT2D eigenvalue weighted by Crippen LogP contribution is -2.30. The summed E-state index contributed by atoms with van der Waals surface area (Å²) in [5.41, 5.74) is 0.575. The maximum Gasteiger partial charge on any atom is 0.257 e. The lowest BCUT2D eigenvalue weighted by molar-refractivity contribution is -0.123. The Hall–Kier alpha value is -2.14. The number of amides is 1. The molecule has 0 fully saturated rings. The number of rotatable bonds is 7. The van der Waals surface area contributed by atoms with Crippen molar-refractivity contribution in [3.8, 4) is 5.75 Å². The third-order valence-corrected chi connectivity index (χ3v) is 3.82. The molecule has 1 N–H and O–H groups in total. The molecule has 2 rings (SSSR count). The van der Waals surface area contributed by atoms with E-state index in [4.69, 9.17) is 4.74 Å². The third-order valence-electron chi connectivity index (χ3n) is 2.88. The van der Waals surface area contributed by atoms with Gasteiger partial charge >= 0.3 is 0 Å². The number of carbonyl (C=O) groups excluding carboxylic acids is 2. The van der Waals surface area contributed by atoms with Gasteiger partial charge in [0.25, 0.3) is 5.91 Å². The molecule has 0 aliphatic heterocycles. The van der Waals surface area contributed by atoms with E-state index in [9.17, 15) is 9.59 Å². The smallest absolute Gasteiger partial charge is 0.257 e. The van der Waals surface area contributed by atoms with Crippen molar-refractivity contribution in [2.45, 2.75) is 13.3 Å². The predicted molar refractivity (Wildman–Crippen MR) is 83.0 cm³/mol. The van der Waals surface area contributed by atoms with Crippen molar-refractivity contribution in [3.05, 3.63) is 52.2 Å². The van der Waals surface area contributed by atoms with Crippen LogP contribution in [0.3, 0.4) is 0 Å². The number of thiophene rings is 1. The van der Waals surface area contributed by atoms with Crippen molar-refractivity contribution < 1.29 is 14.3 Å². The number of hydrogen-bond donors (Lipinski definition) is 1. The van der Waals surface area contributed by atoms with Crippen molar-refractivity contribution in [2.24, 2.45) is 0 Å². The number of carbonyl (C=O) groups is 2. The standard InChI is InChI=1S/C16H17NO3S/c1-12(18)13-4-2-5-14(10-13)20-11-16(19)17-8-7-15-6-3-9-21-15/h2-6,9-10H,7-8,11H2,1H3,(H,17,19). The van der Waals surface area contributed by atoms with Gasteiger partial charge in [-0.2, -0.15) is 0 Å². The summed E-state index contributed by atoms with van der Waals surface area (Å²) in [4.78, 5) is 24.2. The lowest BCUT2D eigenvalue weighted by atomic mass is 10.1. The van der Waals surface area contributed by atoms with Gasteiger partial charge in [-0.1, -0.05) is 18.2 Å². The minimum absolute atomic E-state index is 0.0270. The maximum atomic E-state index is 11.7. The molecule has 1 amide bonds. The first-order valence-electron chi connectivity index (χ1n) is 6.68. The first-order valence-corrected chi connectivity index (χ1v) is 7.56. The van der Waals surface area contributed by atoms with Crippen LogP contribution in [0.4, 0.5) is 0 Å². The summed E-state index contributed by atoms with van der Waals surface area (Å²) < 4.78 is 5.38. The largest absolute Gasteiger partial charge is 0.484 e. The highest BCUT2D eigenvalue weighted by Crippen LogP contribution is 2.13. The van der Waals surface area contributed by atoms with Gasteiger partial charge in [-0.05, 0) is 36.9 Å². The highest BCUT2D eigenvalue weighted by Gasteiger charge is 2.05. The second-order valence-electron chi connectivity index (χ2n) is 4.55. The molecule has 0 radical (unpaired) electrons. The van der Waals surface area contributed by atoms with Gasteiger partial charge in [0, 0.05) is 17.0 Å². The Morgan fingerprint density at radius 2 is 2.10 bits per heavy atom. The van der Waals surface area contributed by atoms with Crippen LogP contribution in [-0.4, -0.2) is 24.8 Å². The van der Waals surface area contributed by atoms with Crippen molar-refractivity contribution in [3.63, 3.8) is 0 Å². The molecule has 110 valence electrons. The zero-order chi connectivity index (χ0) is 15.1. The van der Waals surface area contributed by atoms with E-state index in [0.717, 1.165) is 6.42 Å². The van der Waals surface area contributed by atoms with Crippen molar-refractivity contribution >= 4 is 23.0 Å². The minimum atomic E-state index is -0.167. The number of Topliss-reactive ketones (excluding diaryl/α,β-unsaturated/α-hetero) is 1. The fourth-order valence-corrected chi connectivity index (χ4v) is 2.49. The van der Waals surface area contributed by atoms with Gasteiger partial charge in [0.15, 0.2) is 12.4 Å². The number of ketones is 1. The predicted octanol–water partition coefficient (Wildman–Crippen LogP) is 2.69. The molecule has 0 bridgehead atoms. The second kappa shape index (κ2) is 7.59. The summed E-state index contributed by atoms with van der Waals surface area (Å²) in [6, 6.07) is 10.9. The molecule has 1 heterocycles. The van der Waals surface area contributed by atoms with Crippen LogP contribution in [0, 0.1) is 0 Å². The molecular formula is C16H17NO3S. The van der Waals surface area contributed by atoms with Crippen LogP contribution in [-0.2, 0) is 11.2 Å². The molecule has 0 aliphatic rings. The Morgan fingerprint density at radius 3 is 2.81 bits per heavy atom. The summed E-state index contributed by atoms with van der Waals surface area (Å²) in [6.07, 6.45) is 0.823. The van der Waals surface area contributed by atoms with Gasteiger partial charge in [0.05, 0.1) is 0 Å². The van der Waals surface area contributed by atoms with Crippen molar-refractivity contribution in [1.82, 2.24) is 5.32 Å². The van der Waals surface area contributed by atoms with E-state index in [1.165, 1.54) is 11.8 Å². The number of ether oxygens (including phenoxy) is 1. The Balaban J connectivity index is 1.73. The molecule has 0 aliphatic carbocycles. The average Bonchev–Trinajstić information content (AvgIpc) is 2.99. The Bertz CT molecular complexity index is 608. The van der Waals surface area contributed by atoms with Crippen LogP contribution in [0.25, 0.3) is 0 Å². The highest BCUT2D eigenvalue weighted by molar-refractivity contribution is 7.09. The topological polar surface area (TPSA) is 55.4 Å². The molecular weight excluding hydrogens is 286 g/mol. The molecule has 0 saturated carbocycles. The van der Waals surface area contributed by atoms with Crippen molar-refractivity contribution in [1.29, 1.82) is 0 Å². The zero-order valence-corrected chi connectivity index (χ0v) is 12.6. The summed E-state index contributed by atoms with van der Waals surface area (Å²) in [7, 11) is 0. The van der Waals surface area contributed by atoms with Crippen LogP contribution in [0.2, 0.25) is 0 Å². The van der Waals surface area contributed by atoms with Gasteiger partial charge in [-0.25, -0.2) is 0 Å². The fraction of sp³-hybridized carbons (Fsp3) is 0.250. The molecule has 0 spiro atoms. The van der Waals surface area contributed by atoms with E-state index in [-0.39, 0.29) is 18.3 Å². The molecule has 1 aromatic carbocycles. The first-order chi connectivity index (χ1) is 10.1. The third kappa shape index (κ3) is 5.04. The van der Waals surface area contributed by atoms with E-state index < -0.39 is 0 Å². The van der Waals surface area contributed by atoms with Gasteiger partial charge < -0.3 is 10.1 Å². The summed E-state index contributed by atoms with van der Waals surface area (Å²) in [5, 5.41) is 4.82. The fourth-order valence-electron chi connectivity index (χ4n) is 1.78. The van der Waals surface area contributed by atoms with Crippen molar-refractivity contribution in [2.75, 3.05) is 13.2 Å². The maximum absolute atomic E-state index is 11.7. The molecule has 2 aromatic rings. The summed E-state index contributed by atoms with van der Waals surface area (Å²) in [5.74, 6) is 0.330. The Labute approximate surface area is 127 Å². The number of hydrogen-bond acceptors (Lipinski definition) is 4. The van der Waals surface area contributed by atoms with Gasteiger partial charge in [0.1, 0.15) is 5.75 Å². The van der Waals surface area contributed by atoms with E-state index in [1.54, 1.807) is 35.6 Å². The minimum Gasteiger partial charge on any atom is -0.484 e. The average molecular weight is 303 g/mol. The van der Waals surface area contributed by atoms with Crippen LogP contribution in [0.15, 0.2) is 41.8 Å². The molecule has 0 atom stereocenters. The number of nitrogens with one attached hydrogen (secondary N) is 1. The summed E-state index contributed by atoms with van der Waals surface area (Å²) >= 11 is 1.67. The van der Waals surface area contributed by atoms with Crippen LogP contribution >= 0.6 is 11.3 Å². The molecule has 0 unspecified atom stereocenters. The van der Waals surface area contributed by atoms with Crippen LogP contribution < -0.4 is 10.1 Å². The first kappa shape index (κ1) is 15.3. The van der Waals surface area contributed by atoms with E-state index in [1.807, 2.05) is 17.5 Å². The van der Waals surface area contributed by atoms with Gasteiger partial charge in [-0.15, -0.1) is 11.3 Å². The molecule has 5 heteroatoms. The molecule has 0 saturated heterocycles. The van der Waals surface area contributed by atoms with Gasteiger partial charge in [0.2, 0.25) is 0 Å². The van der Waals surface area contributed by atoms with Crippen LogP contribution in [0.5, 0.6) is 5.75 Å². The van der Waals surface area contributed by atoms with Gasteiger partial charge in [-0.3, -0.25) is 9.59 Å². The molecule has 4 nitrogen and oxygen atoms in total. The highest BCUT2D eigenvalue weighted by atomic mass is 32.1. The lowest BCUT2D eigenvalue weighted by Gasteiger charge is -2.07.